The fraction of sp³-hybridized carbons (Fsp3) is 0.316. The zero-order valence-corrected chi connectivity index (χ0v) is 14.5. The standard InChI is InChI=1S/C19H19F2N3O2/c1-19(2)11-26-8-7-23(19)13-3-5-14(6-4-13)24-17-12(10-22-24)9-15(20)18(25)16(17)21/h3-6,9-10,25H,7-8,11H2,1-2H3. The molecule has 1 saturated heterocycles. The van der Waals surface area contributed by atoms with Gasteiger partial charge in [-0.1, -0.05) is 0 Å². The number of benzene rings is 2. The smallest absolute Gasteiger partial charge is 0.194 e. The van der Waals surface area contributed by atoms with Gasteiger partial charge in [-0.3, -0.25) is 0 Å². The Labute approximate surface area is 149 Å². The first-order chi connectivity index (χ1) is 12.4. The number of hydrogen-bond acceptors (Lipinski definition) is 4. The van der Waals surface area contributed by atoms with Gasteiger partial charge in [0.1, 0.15) is 5.52 Å². The van der Waals surface area contributed by atoms with Crippen LogP contribution in [-0.4, -0.2) is 40.2 Å². The molecule has 1 aliphatic heterocycles. The third-order valence-electron chi connectivity index (χ3n) is 4.77. The number of aromatic hydroxyl groups is 1. The molecule has 7 heteroatoms. The van der Waals surface area contributed by atoms with Gasteiger partial charge in [-0.05, 0) is 44.2 Å². The lowest BCUT2D eigenvalue weighted by Gasteiger charge is -2.43. The van der Waals surface area contributed by atoms with Crippen LogP contribution in [-0.2, 0) is 4.74 Å². The highest BCUT2D eigenvalue weighted by molar-refractivity contribution is 5.82. The van der Waals surface area contributed by atoms with Gasteiger partial charge in [-0.25, -0.2) is 13.5 Å². The number of morpholine rings is 1. The Kier molecular flexibility index (Phi) is 3.84. The van der Waals surface area contributed by atoms with Gasteiger partial charge >= 0.3 is 0 Å². The Bertz CT molecular complexity index is 967. The highest BCUT2D eigenvalue weighted by atomic mass is 19.1. The average molecular weight is 359 g/mol. The van der Waals surface area contributed by atoms with Crippen LogP contribution in [0.15, 0.2) is 36.5 Å². The van der Waals surface area contributed by atoms with E-state index in [1.54, 1.807) is 0 Å². The van der Waals surface area contributed by atoms with E-state index in [0.29, 0.717) is 18.9 Å². The zero-order valence-electron chi connectivity index (χ0n) is 14.5. The van der Waals surface area contributed by atoms with E-state index in [2.05, 4.69) is 23.8 Å². The molecule has 0 radical (unpaired) electrons. The van der Waals surface area contributed by atoms with Crippen molar-refractivity contribution in [2.24, 2.45) is 0 Å². The molecule has 1 N–H and O–H groups in total. The van der Waals surface area contributed by atoms with Crippen LogP contribution >= 0.6 is 0 Å². The number of aromatic nitrogens is 2. The van der Waals surface area contributed by atoms with Gasteiger partial charge in [0.25, 0.3) is 0 Å². The average Bonchev–Trinajstić information content (AvgIpc) is 3.03. The first-order valence-corrected chi connectivity index (χ1v) is 8.39. The third-order valence-corrected chi connectivity index (χ3v) is 4.77. The molecule has 1 aliphatic rings. The van der Waals surface area contributed by atoms with E-state index in [9.17, 15) is 13.9 Å². The van der Waals surface area contributed by atoms with Crippen molar-refractivity contribution in [1.82, 2.24) is 9.78 Å². The van der Waals surface area contributed by atoms with Crippen LogP contribution in [0.3, 0.4) is 0 Å². The van der Waals surface area contributed by atoms with Crippen molar-refractivity contribution in [2.45, 2.75) is 19.4 Å². The molecule has 2 heterocycles. The molecule has 136 valence electrons. The molecule has 0 amide bonds. The second-order valence-corrected chi connectivity index (χ2v) is 7.05. The van der Waals surface area contributed by atoms with Crippen molar-refractivity contribution < 1.29 is 18.6 Å². The van der Waals surface area contributed by atoms with Crippen LogP contribution in [0.25, 0.3) is 16.6 Å². The molecule has 0 saturated carbocycles. The first-order valence-electron chi connectivity index (χ1n) is 8.39. The molecule has 3 aromatic rings. The quantitative estimate of drug-likeness (QED) is 0.759. The number of halogens is 2. The fourth-order valence-corrected chi connectivity index (χ4v) is 3.41. The molecule has 1 fully saturated rings. The highest BCUT2D eigenvalue weighted by Gasteiger charge is 2.30. The van der Waals surface area contributed by atoms with Crippen molar-refractivity contribution in [3.63, 3.8) is 0 Å². The fourth-order valence-electron chi connectivity index (χ4n) is 3.41. The number of ether oxygens (including phenoxy) is 1. The minimum absolute atomic E-state index is 0.0448. The molecule has 0 atom stereocenters. The molecular formula is C19H19F2N3O2. The number of phenols is 1. The molecule has 0 aliphatic carbocycles. The number of anilines is 1. The van der Waals surface area contributed by atoms with E-state index in [1.165, 1.54) is 10.9 Å². The number of fused-ring (bicyclic) bond motifs is 1. The molecule has 0 unspecified atom stereocenters. The molecule has 5 nitrogen and oxygen atoms in total. The summed E-state index contributed by atoms with van der Waals surface area (Å²) in [7, 11) is 0. The van der Waals surface area contributed by atoms with Crippen LogP contribution in [0.5, 0.6) is 5.75 Å². The lowest BCUT2D eigenvalue weighted by atomic mass is 10.0. The van der Waals surface area contributed by atoms with E-state index in [0.717, 1.165) is 18.3 Å². The Morgan fingerprint density at radius 2 is 1.85 bits per heavy atom. The van der Waals surface area contributed by atoms with Gasteiger partial charge in [0, 0.05) is 17.6 Å². The minimum atomic E-state index is -1.02. The Hall–Kier alpha value is -2.67. The lowest BCUT2D eigenvalue weighted by Crippen LogP contribution is -2.53. The molecule has 4 rings (SSSR count). The predicted octanol–water partition coefficient (Wildman–Crippen LogP) is 3.62. The van der Waals surface area contributed by atoms with E-state index in [-0.39, 0.29) is 16.4 Å². The highest BCUT2D eigenvalue weighted by Crippen LogP contribution is 2.31. The summed E-state index contributed by atoms with van der Waals surface area (Å²) in [5, 5.41) is 14.0. The van der Waals surface area contributed by atoms with Crippen molar-refractivity contribution >= 4 is 16.6 Å². The maximum atomic E-state index is 14.3. The van der Waals surface area contributed by atoms with E-state index in [1.807, 2.05) is 24.3 Å². The summed E-state index contributed by atoms with van der Waals surface area (Å²) in [6.07, 6.45) is 1.37. The Balaban J connectivity index is 1.74. The number of nitrogens with zero attached hydrogens (tertiary/aromatic N) is 3. The molecule has 2 aromatic carbocycles. The van der Waals surface area contributed by atoms with Gasteiger partial charge in [-0.2, -0.15) is 5.10 Å². The van der Waals surface area contributed by atoms with Crippen molar-refractivity contribution in [1.29, 1.82) is 0 Å². The Morgan fingerprint density at radius 3 is 2.54 bits per heavy atom. The summed E-state index contributed by atoms with van der Waals surface area (Å²) in [5.74, 6) is -3.01. The maximum Gasteiger partial charge on any atom is 0.194 e. The summed E-state index contributed by atoms with van der Waals surface area (Å²) in [5.41, 5.74) is 1.59. The maximum absolute atomic E-state index is 14.3. The summed E-state index contributed by atoms with van der Waals surface area (Å²) in [6, 6.07) is 8.61. The second-order valence-electron chi connectivity index (χ2n) is 7.05. The number of phenolic OH excluding ortho intramolecular Hbond substituents is 1. The van der Waals surface area contributed by atoms with Gasteiger partial charge < -0.3 is 14.7 Å². The van der Waals surface area contributed by atoms with Gasteiger partial charge in [0.2, 0.25) is 0 Å². The van der Waals surface area contributed by atoms with E-state index in [4.69, 9.17) is 4.74 Å². The van der Waals surface area contributed by atoms with Crippen LogP contribution in [0, 0.1) is 11.6 Å². The second kappa shape index (κ2) is 5.95. The molecule has 0 bridgehead atoms. The molecule has 26 heavy (non-hydrogen) atoms. The van der Waals surface area contributed by atoms with Crippen LogP contribution in [0.1, 0.15) is 13.8 Å². The third kappa shape index (κ3) is 2.59. The van der Waals surface area contributed by atoms with Crippen molar-refractivity contribution in [2.75, 3.05) is 24.7 Å². The summed E-state index contributed by atoms with van der Waals surface area (Å²) < 4.78 is 34.8. The van der Waals surface area contributed by atoms with Gasteiger partial charge in [0.05, 0.1) is 30.6 Å². The number of hydrogen-bond donors (Lipinski definition) is 1. The van der Waals surface area contributed by atoms with E-state index >= 15 is 0 Å². The molecule has 1 aromatic heterocycles. The first kappa shape index (κ1) is 16.8. The van der Waals surface area contributed by atoms with Gasteiger partial charge in [-0.15, -0.1) is 0 Å². The zero-order chi connectivity index (χ0) is 18.5. The SMILES string of the molecule is CC1(C)COCCN1c1ccc(-n2ncc3cc(F)c(O)c(F)c32)cc1. The van der Waals surface area contributed by atoms with Crippen LogP contribution in [0.4, 0.5) is 14.5 Å². The van der Waals surface area contributed by atoms with Crippen molar-refractivity contribution in [3.05, 3.63) is 48.2 Å². The van der Waals surface area contributed by atoms with Crippen LogP contribution < -0.4 is 4.90 Å². The largest absolute Gasteiger partial charge is 0.503 e. The van der Waals surface area contributed by atoms with Gasteiger partial charge in [0.15, 0.2) is 17.4 Å². The van der Waals surface area contributed by atoms with Crippen molar-refractivity contribution in [3.8, 4) is 11.4 Å². The Morgan fingerprint density at radius 1 is 1.15 bits per heavy atom. The minimum Gasteiger partial charge on any atom is -0.503 e. The predicted molar refractivity (Wildman–Crippen MR) is 94.9 cm³/mol. The summed E-state index contributed by atoms with van der Waals surface area (Å²) in [4.78, 5) is 2.27. The summed E-state index contributed by atoms with van der Waals surface area (Å²) in [6.45, 7) is 6.35. The monoisotopic (exact) mass is 359 g/mol. The lowest BCUT2D eigenvalue weighted by molar-refractivity contribution is 0.0644. The normalized spacial score (nSPS) is 17.0. The molecular weight excluding hydrogens is 340 g/mol. The topological polar surface area (TPSA) is 50.5 Å². The molecule has 0 spiro atoms. The summed E-state index contributed by atoms with van der Waals surface area (Å²) >= 11 is 0. The van der Waals surface area contributed by atoms with E-state index < -0.39 is 17.4 Å². The van der Waals surface area contributed by atoms with Crippen LogP contribution in [0.2, 0.25) is 0 Å². The number of rotatable bonds is 2.